The van der Waals surface area contributed by atoms with Crippen molar-refractivity contribution in [2.75, 3.05) is 12.1 Å². The highest BCUT2D eigenvalue weighted by Crippen LogP contribution is 2.33. The van der Waals surface area contributed by atoms with Gasteiger partial charge < -0.3 is 20.1 Å². The van der Waals surface area contributed by atoms with Crippen molar-refractivity contribution in [2.45, 2.75) is 23.3 Å². The number of carbonyl (C=O) groups excluding carboxylic acids is 2. The summed E-state index contributed by atoms with van der Waals surface area (Å²) in [5, 5.41) is 5.67. The molecule has 3 aromatic rings. The lowest BCUT2D eigenvalue weighted by molar-refractivity contribution is -0.114. The number of nitrogens with one attached hydrogen (secondary N) is 2. The van der Waals surface area contributed by atoms with Crippen molar-refractivity contribution < 1.29 is 27.5 Å². The standard InChI is InChI=1S/C23H19ClN2O6S/c1-14(27)26-19-11-16(3-9-22(19)33(29,30)18-6-4-17(24)5-7-18)23(28)25-12-15-2-8-20-21(10-15)32-13-31-20/h2-11H,12-13H2,1H3,(H,25,28)(H,26,27). The highest BCUT2D eigenvalue weighted by Gasteiger charge is 2.23. The molecule has 0 saturated heterocycles. The third-order valence-electron chi connectivity index (χ3n) is 4.86. The van der Waals surface area contributed by atoms with Gasteiger partial charge in [0, 0.05) is 24.1 Å². The predicted molar refractivity (Wildman–Crippen MR) is 121 cm³/mol. The van der Waals surface area contributed by atoms with Gasteiger partial charge in [0.05, 0.1) is 15.5 Å². The average molecular weight is 487 g/mol. The zero-order valence-corrected chi connectivity index (χ0v) is 19.0. The molecule has 4 rings (SSSR count). The molecule has 8 nitrogen and oxygen atoms in total. The Morgan fingerprint density at radius 1 is 0.970 bits per heavy atom. The van der Waals surface area contributed by atoms with E-state index in [2.05, 4.69) is 10.6 Å². The summed E-state index contributed by atoms with van der Waals surface area (Å²) in [6.07, 6.45) is 0. The molecule has 0 spiro atoms. The van der Waals surface area contributed by atoms with Crippen LogP contribution < -0.4 is 20.1 Å². The van der Waals surface area contributed by atoms with Crippen LogP contribution in [0.3, 0.4) is 0 Å². The van der Waals surface area contributed by atoms with Gasteiger partial charge in [0.15, 0.2) is 11.5 Å². The molecule has 33 heavy (non-hydrogen) atoms. The van der Waals surface area contributed by atoms with Crippen LogP contribution in [0.15, 0.2) is 70.5 Å². The molecule has 0 atom stereocenters. The molecule has 2 N–H and O–H groups in total. The molecule has 1 aliphatic heterocycles. The lowest BCUT2D eigenvalue weighted by Crippen LogP contribution is -2.23. The first-order valence-corrected chi connectivity index (χ1v) is 11.7. The van der Waals surface area contributed by atoms with Crippen molar-refractivity contribution >= 4 is 38.9 Å². The van der Waals surface area contributed by atoms with Crippen molar-refractivity contribution in [3.05, 3.63) is 76.8 Å². The third kappa shape index (κ3) is 4.94. The second-order valence-corrected chi connectivity index (χ2v) is 9.57. The van der Waals surface area contributed by atoms with Gasteiger partial charge in [-0.25, -0.2) is 8.42 Å². The van der Waals surface area contributed by atoms with Gasteiger partial charge in [0.2, 0.25) is 22.5 Å². The Balaban J connectivity index is 1.58. The number of sulfone groups is 1. The second-order valence-electron chi connectivity index (χ2n) is 7.22. The van der Waals surface area contributed by atoms with Crippen LogP contribution in [0.1, 0.15) is 22.8 Å². The van der Waals surface area contributed by atoms with E-state index in [9.17, 15) is 18.0 Å². The van der Waals surface area contributed by atoms with Gasteiger partial charge in [-0.2, -0.15) is 0 Å². The minimum absolute atomic E-state index is 0.00757. The number of anilines is 1. The van der Waals surface area contributed by atoms with Crippen LogP contribution in [-0.2, 0) is 21.2 Å². The first-order chi connectivity index (χ1) is 15.7. The lowest BCUT2D eigenvalue weighted by atomic mass is 10.1. The van der Waals surface area contributed by atoms with Gasteiger partial charge in [-0.3, -0.25) is 9.59 Å². The second kappa shape index (κ2) is 9.13. The summed E-state index contributed by atoms with van der Waals surface area (Å²) < 4.78 is 36.8. The van der Waals surface area contributed by atoms with E-state index < -0.39 is 21.7 Å². The summed E-state index contributed by atoms with van der Waals surface area (Å²) in [7, 11) is -3.97. The van der Waals surface area contributed by atoms with Crippen LogP contribution in [0.25, 0.3) is 0 Å². The molecule has 1 heterocycles. The molecule has 0 aromatic heterocycles. The Kier molecular flexibility index (Phi) is 6.26. The van der Waals surface area contributed by atoms with Crippen molar-refractivity contribution in [2.24, 2.45) is 0 Å². The molecule has 0 bridgehead atoms. The van der Waals surface area contributed by atoms with Crippen LogP contribution in [-0.4, -0.2) is 27.0 Å². The SMILES string of the molecule is CC(=O)Nc1cc(C(=O)NCc2ccc3c(c2)OCO3)ccc1S(=O)(=O)c1ccc(Cl)cc1. The Morgan fingerprint density at radius 3 is 2.42 bits per heavy atom. The van der Waals surface area contributed by atoms with Crippen molar-refractivity contribution in [3.8, 4) is 11.5 Å². The van der Waals surface area contributed by atoms with E-state index in [4.69, 9.17) is 21.1 Å². The lowest BCUT2D eigenvalue weighted by Gasteiger charge is -2.13. The maximum absolute atomic E-state index is 13.1. The maximum atomic E-state index is 13.1. The minimum atomic E-state index is -3.97. The summed E-state index contributed by atoms with van der Waals surface area (Å²) >= 11 is 5.86. The molecule has 3 aromatic carbocycles. The normalized spacial score (nSPS) is 12.3. The molecule has 0 unspecified atom stereocenters. The first kappa shape index (κ1) is 22.6. The molecular formula is C23H19ClN2O6S. The van der Waals surface area contributed by atoms with E-state index >= 15 is 0 Å². The fraction of sp³-hybridized carbons (Fsp3) is 0.130. The van der Waals surface area contributed by atoms with E-state index in [1.165, 1.54) is 49.4 Å². The number of fused-ring (bicyclic) bond motifs is 1. The Hall–Kier alpha value is -3.56. The minimum Gasteiger partial charge on any atom is -0.454 e. The van der Waals surface area contributed by atoms with Gasteiger partial charge in [-0.05, 0) is 60.2 Å². The Labute approximate surface area is 195 Å². The molecule has 1 aliphatic rings. The van der Waals surface area contributed by atoms with Gasteiger partial charge in [0.1, 0.15) is 0 Å². The van der Waals surface area contributed by atoms with Crippen LogP contribution in [0.5, 0.6) is 11.5 Å². The number of hydrogen-bond donors (Lipinski definition) is 2. The molecular weight excluding hydrogens is 468 g/mol. The van der Waals surface area contributed by atoms with Crippen molar-refractivity contribution in [3.63, 3.8) is 0 Å². The Bertz CT molecular complexity index is 1340. The fourth-order valence-electron chi connectivity index (χ4n) is 3.27. The van der Waals surface area contributed by atoms with Crippen LogP contribution >= 0.6 is 11.6 Å². The first-order valence-electron chi connectivity index (χ1n) is 9.83. The molecule has 2 amide bonds. The van der Waals surface area contributed by atoms with Gasteiger partial charge in [-0.1, -0.05) is 17.7 Å². The van der Waals surface area contributed by atoms with Crippen molar-refractivity contribution in [1.29, 1.82) is 0 Å². The van der Waals surface area contributed by atoms with E-state index in [1.807, 2.05) is 0 Å². The molecule has 170 valence electrons. The molecule has 0 aliphatic carbocycles. The van der Waals surface area contributed by atoms with E-state index in [0.29, 0.717) is 16.5 Å². The van der Waals surface area contributed by atoms with E-state index in [0.717, 1.165) is 5.56 Å². The summed E-state index contributed by atoms with van der Waals surface area (Å²) in [6, 6.07) is 15.0. The topological polar surface area (TPSA) is 111 Å². The monoisotopic (exact) mass is 486 g/mol. The van der Waals surface area contributed by atoms with Gasteiger partial charge >= 0.3 is 0 Å². The van der Waals surface area contributed by atoms with Crippen molar-refractivity contribution in [1.82, 2.24) is 5.32 Å². The zero-order valence-electron chi connectivity index (χ0n) is 17.4. The predicted octanol–water partition coefficient (Wildman–Crippen LogP) is 3.79. The van der Waals surface area contributed by atoms with Crippen LogP contribution in [0.2, 0.25) is 5.02 Å². The highest BCUT2D eigenvalue weighted by atomic mass is 35.5. The summed E-state index contributed by atoms with van der Waals surface area (Å²) in [4.78, 5) is 24.3. The number of halogens is 1. The summed E-state index contributed by atoms with van der Waals surface area (Å²) in [5.41, 5.74) is 0.999. The average Bonchev–Trinajstić information content (AvgIpc) is 3.25. The number of ether oxygens (including phenoxy) is 2. The number of amides is 2. The van der Waals surface area contributed by atoms with Gasteiger partial charge in [0.25, 0.3) is 5.91 Å². The summed E-state index contributed by atoms with van der Waals surface area (Å²) in [6.45, 7) is 1.63. The van der Waals surface area contributed by atoms with Crippen LogP contribution in [0.4, 0.5) is 5.69 Å². The maximum Gasteiger partial charge on any atom is 0.251 e. The smallest absolute Gasteiger partial charge is 0.251 e. The van der Waals surface area contributed by atoms with E-state index in [-0.39, 0.29) is 34.4 Å². The zero-order chi connectivity index (χ0) is 23.6. The number of rotatable bonds is 6. The third-order valence-corrected chi connectivity index (χ3v) is 6.94. The quantitative estimate of drug-likeness (QED) is 0.548. The molecule has 0 saturated carbocycles. The van der Waals surface area contributed by atoms with E-state index in [1.54, 1.807) is 18.2 Å². The Morgan fingerprint density at radius 2 is 1.70 bits per heavy atom. The largest absolute Gasteiger partial charge is 0.454 e. The molecule has 0 radical (unpaired) electrons. The number of benzene rings is 3. The van der Waals surface area contributed by atoms with Crippen LogP contribution in [0, 0.1) is 0 Å². The number of carbonyl (C=O) groups is 2. The summed E-state index contributed by atoms with van der Waals surface area (Å²) in [5.74, 6) is 0.337. The van der Waals surface area contributed by atoms with Gasteiger partial charge in [-0.15, -0.1) is 0 Å². The molecule has 0 fully saturated rings. The highest BCUT2D eigenvalue weighted by molar-refractivity contribution is 7.91. The number of hydrogen-bond acceptors (Lipinski definition) is 6. The molecule has 10 heteroatoms. The fourth-order valence-corrected chi connectivity index (χ4v) is 4.79.